The quantitative estimate of drug-likeness (QED) is 0.198. The van der Waals surface area contributed by atoms with Crippen LogP contribution in [0.4, 0.5) is 11.4 Å². The van der Waals surface area contributed by atoms with Gasteiger partial charge in [0.2, 0.25) is 0 Å². The molecule has 0 aliphatic carbocycles. The van der Waals surface area contributed by atoms with Gasteiger partial charge in [-0.1, -0.05) is 35.3 Å². The van der Waals surface area contributed by atoms with Gasteiger partial charge in [0.15, 0.2) is 5.78 Å². The van der Waals surface area contributed by atoms with Gasteiger partial charge in [-0.15, -0.1) is 11.8 Å². The van der Waals surface area contributed by atoms with Gasteiger partial charge < -0.3 is 5.32 Å². The van der Waals surface area contributed by atoms with Crippen LogP contribution in [-0.4, -0.2) is 22.4 Å². The number of benzene rings is 3. The molecule has 0 aliphatic heterocycles. The number of carbonyl (C=O) groups excluding carboxylic acids is 2. The van der Waals surface area contributed by atoms with Crippen molar-refractivity contribution < 1.29 is 14.5 Å². The van der Waals surface area contributed by atoms with Crippen molar-refractivity contribution in [3.8, 4) is 0 Å². The monoisotopic (exact) mass is 460 g/mol. The highest BCUT2D eigenvalue weighted by molar-refractivity contribution is 8.00. The van der Waals surface area contributed by atoms with E-state index in [1.165, 1.54) is 42.1 Å². The van der Waals surface area contributed by atoms with Crippen LogP contribution >= 0.6 is 35.0 Å². The molecule has 0 heterocycles. The summed E-state index contributed by atoms with van der Waals surface area (Å²) < 4.78 is 0. The Morgan fingerprint density at radius 2 is 1.70 bits per heavy atom. The number of amides is 1. The molecule has 0 aliphatic rings. The number of thioether (sulfide) groups is 1. The van der Waals surface area contributed by atoms with Crippen LogP contribution in [0.2, 0.25) is 10.0 Å². The highest BCUT2D eigenvalue weighted by atomic mass is 35.5. The first kappa shape index (κ1) is 21.8. The predicted molar refractivity (Wildman–Crippen MR) is 119 cm³/mol. The number of hydrogen-bond donors (Lipinski definition) is 1. The molecule has 0 aromatic heterocycles. The molecule has 0 fully saturated rings. The molecule has 1 N–H and O–H groups in total. The van der Waals surface area contributed by atoms with Gasteiger partial charge in [0, 0.05) is 33.8 Å². The van der Waals surface area contributed by atoms with Gasteiger partial charge in [-0.3, -0.25) is 19.7 Å². The molecule has 0 saturated heterocycles. The number of hydrogen-bond acceptors (Lipinski definition) is 5. The van der Waals surface area contributed by atoms with E-state index in [1.807, 2.05) is 6.07 Å². The van der Waals surface area contributed by atoms with Crippen molar-refractivity contribution in [2.75, 3.05) is 11.1 Å². The molecule has 3 aromatic carbocycles. The van der Waals surface area contributed by atoms with Crippen molar-refractivity contribution in [1.29, 1.82) is 0 Å². The summed E-state index contributed by atoms with van der Waals surface area (Å²) in [5.41, 5.74) is 0.996. The lowest BCUT2D eigenvalue weighted by Gasteiger charge is -2.08. The molecule has 3 rings (SSSR count). The summed E-state index contributed by atoms with van der Waals surface area (Å²) in [7, 11) is 0. The number of nitro benzene ring substituents is 1. The molecule has 1 amide bonds. The first-order chi connectivity index (χ1) is 14.3. The van der Waals surface area contributed by atoms with Gasteiger partial charge in [-0.2, -0.15) is 0 Å². The summed E-state index contributed by atoms with van der Waals surface area (Å²) in [6.07, 6.45) is 0. The van der Waals surface area contributed by atoms with E-state index in [0.29, 0.717) is 21.3 Å². The highest BCUT2D eigenvalue weighted by Gasteiger charge is 2.13. The molecule has 0 saturated carbocycles. The summed E-state index contributed by atoms with van der Waals surface area (Å²) in [5.74, 6) is -0.391. The van der Waals surface area contributed by atoms with E-state index >= 15 is 0 Å². The molecular formula is C21H14Cl2N2O4S. The Kier molecular flexibility index (Phi) is 7.10. The fraction of sp³-hybridized carbons (Fsp3) is 0.0476. The van der Waals surface area contributed by atoms with Crippen LogP contribution in [0, 0.1) is 10.1 Å². The first-order valence-corrected chi connectivity index (χ1v) is 10.3. The third kappa shape index (κ3) is 5.60. The van der Waals surface area contributed by atoms with Crippen molar-refractivity contribution in [2.24, 2.45) is 0 Å². The van der Waals surface area contributed by atoms with Crippen molar-refractivity contribution in [3.63, 3.8) is 0 Å². The third-order valence-electron chi connectivity index (χ3n) is 4.02. The fourth-order valence-electron chi connectivity index (χ4n) is 2.53. The van der Waals surface area contributed by atoms with E-state index in [9.17, 15) is 19.7 Å². The van der Waals surface area contributed by atoms with E-state index in [1.54, 1.807) is 30.3 Å². The molecule has 0 radical (unpaired) electrons. The van der Waals surface area contributed by atoms with Gasteiger partial charge in [0.1, 0.15) is 0 Å². The second kappa shape index (κ2) is 9.75. The topological polar surface area (TPSA) is 89.3 Å². The van der Waals surface area contributed by atoms with Crippen molar-refractivity contribution >= 4 is 58.0 Å². The molecule has 0 atom stereocenters. The number of ketones is 1. The van der Waals surface area contributed by atoms with Gasteiger partial charge >= 0.3 is 0 Å². The van der Waals surface area contributed by atoms with E-state index in [2.05, 4.69) is 5.32 Å². The van der Waals surface area contributed by atoms with Crippen LogP contribution in [0.5, 0.6) is 0 Å². The first-order valence-electron chi connectivity index (χ1n) is 8.60. The molecule has 3 aromatic rings. The number of carbonyl (C=O) groups is 2. The predicted octanol–water partition coefficient (Wildman–Crippen LogP) is 6.13. The van der Waals surface area contributed by atoms with Gasteiger partial charge in [-0.25, -0.2) is 0 Å². The number of nitro groups is 1. The second-order valence-electron chi connectivity index (χ2n) is 6.13. The maximum Gasteiger partial charge on any atom is 0.270 e. The second-order valence-corrected chi connectivity index (χ2v) is 7.99. The molecule has 152 valence electrons. The average Bonchev–Trinajstić information content (AvgIpc) is 2.74. The number of nitrogens with one attached hydrogen (secondary N) is 1. The third-order valence-corrected chi connectivity index (χ3v) is 5.76. The van der Waals surface area contributed by atoms with Gasteiger partial charge in [0.05, 0.1) is 20.7 Å². The maximum atomic E-state index is 12.4. The molecule has 9 heteroatoms. The highest BCUT2D eigenvalue weighted by Crippen LogP contribution is 2.26. The molecule has 0 bridgehead atoms. The van der Waals surface area contributed by atoms with E-state index in [0.717, 1.165) is 4.90 Å². The van der Waals surface area contributed by atoms with Crippen molar-refractivity contribution in [3.05, 3.63) is 98.0 Å². The number of halogens is 2. The van der Waals surface area contributed by atoms with Crippen LogP contribution in [0.1, 0.15) is 20.7 Å². The lowest BCUT2D eigenvalue weighted by molar-refractivity contribution is -0.384. The number of non-ortho nitro benzene ring substituents is 1. The minimum atomic E-state index is -0.557. The number of rotatable bonds is 7. The SMILES string of the molecule is O=C(CSc1cccc(NC(=O)c2cccc([N+](=O)[O-])c2)c1)c1ccc(Cl)c(Cl)c1. The molecule has 0 spiro atoms. The largest absolute Gasteiger partial charge is 0.322 e. The van der Waals surface area contributed by atoms with Crippen LogP contribution in [0.15, 0.2) is 71.6 Å². The Morgan fingerprint density at radius 1 is 0.933 bits per heavy atom. The fourth-order valence-corrected chi connectivity index (χ4v) is 3.68. The zero-order chi connectivity index (χ0) is 21.7. The Morgan fingerprint density at radius 3 is 2.43 bits per heavy atom. The smallest absolute Gasteiger partial charge is 0.270 e. The summed E-state index contributed by atoms with van der Waals surface area (Å²) in [5, 5.41) is 14.3. The van der Waals surface area contributed by atoms with Crippen LogP contribution in [0.3, 0.4) is 0 Å². The maximum absolute atomic E-state index is 12.4. The Bertz CT molecular complexity index is 1140. The molecular weight excluding hydrogens is 447 g/mol. The van der Waals surface area contributed by atoms with Crippen LogP contribution in [0.25, 0.3) is 0 Å². The van der Waals surface area contributed by atoms with E-state index < -0.39 is 10.8 Å². The summed E-state index contributed by atoms with van der Waals surface area (Å²) in [4.78, 5) is 35.9. The summed E-state index contributed by atoms with van der Waals surface area (Å²) in [6, 6.07) is 17.2. The summed E-state index contributed by atoms with van der Waals surface area (Å²) in [6.45, 7) is 0. The van der Waals surface area contributed by atoms with Crippen LogP contribution < -0.4 is 5.32 Å². The Labute approximate surface area is 186 Å². The lowest BCUT2D eigenvalue weighted by atomic mass is 10.1. The van der Waals surface area contributed by atoms with Crippen LogP contribution in [-0.2, 0) is 0 Å². The standard InChI is InChI=1S/C21H14Cl2N2O4S/c22-18-8-7-13(10-19(18)23)20(26)12-30-17-6-2-4-15(11-17)24-21(27)14-3-1-5-16(9-14)25(28)29/h1-11H,12H2,(H,24,27). The zero-order valence-corrected chi connectivity index (χ0v) is 17.6. The molecule has 0 unspecified atom stereocenters. The van der Waals surface area contributed by atoms with Crippen molar-refractivity contribution in [1.82, 2.24) is 0 Å². The van der Waals surface area contributed by atoms with Gasteiger partial charge in [-0.05, 0) is 42.5 Å². The van der Waals surface area contributed by atoms with E-state index in [-0.39, 0.29) is 22.8 Å². The number of Topliss-reactive ketones (excluding diaryl/α,β-unsaturated/α-hetero) is 1. The Hall–Kier alpha value is -2.87. The lowest BCUT2D eigenvalue weighted by Crippen LogP contribution is -2.12. The molecule has 30 heavy (non-hydrogen) atoms. The van der Waals surface area contributed by atoms with Gasteiger partial charge in [0.25, 0.3) is 11.6 Å². The summed E-state index contributed by atoms with van der Waals surface area (Å²) >= 11 is 13.1. The molecule has 6 nitrogen and oxygen atoms in total. The normalized spacial score (nSPS) is 10.5. The minimum Gasteiger partial charge on any atom is -0.322 e. The number of anilines is 1. The average molecular weight is 461 g/mol. The Balaban J connectivity index is 1.65. The van der Waals surface area contributed by atoms with Crippen molar-refractivity contribution in [2.45, 2.75) is 4.90 Å². The zero-order valence-electron chi connectivity index (χ0n) is 15.3. The number of nitrogens with zero attached hydrogens (tertiary/aromatic N) is 1. The minimum absolute atomic E-state index is 0.107. The van der Waals surface area contributed by atoms with E-state index in [4.69, 9.17) is 23.2 Å².